The Balaban J connectivity index is 2.19. The summed E-state index contributed by atoms with van der Waals surface area (Å²) in [6.07, 6.45) is 5.03. The summed E-state index contributed by atoms with van der Waals surface area (Å²) in [4.78, 5) is 17.2. The van der Waals surface area contributed by atoms with Crippen molar-refractivity contribution in [1.82, 2.24) is 9.88 Å². The van der Waals surface area contributed by atoms with Gasteiger partial charge >= 0.3 is 0 Å². The van der Waals surface area contributed by atoms with Gasteiger partial charge in [-0.3, -0.25) is 4.79 Å². The second-order valence-corrected chi connectivity index (χ2v) is 4.47. The Bertz CT molecular complexity index is 347. The van der Waals surface area contributed by atoms with Crippen LogP contribution in [-0.2, 0) is 0 Å². The highest BCUT2D eigenvalue weighted by molar-refractivity contribution is 5.92. The number of piperidine rings is 1. The summed E-state index contributed by atoms with van der Waals surface area (Å²) in [7, 11) is 0. The molecule has 0 aromatic carbocycles. The van der Waals surface area contributed by atoms with E-state index in [4.69, 9.17) is 5.73 Å². The van der Waals surface area contributed by atoms with Gasteiger partial charge in [-0.15, -0.1) is 0 Å². The smallest absolute Gasteiger partial charge is 0.270 e. The fraction of sp³-hybridized carbons (Fsp3) is 0.583. The number of amides is 1. The molecule has 4 heteroatoms. The van der Waals surface area contributed by atoms with Crippen LogP contribution in [0.4, 0.5) is 0 Å². The third kappa shape index (κ3) is 1.97. The van der Waals surface area contributed by atoms with Gasteiger partial charge in [0.15, 0.2) is 0 Å². The summed E-state index contributed by atoms with van der Waals surface area (Å²) in [6, 6.07) is 4.15. The molecular weight excluding hydrogens is 202 g/mol. The normalized spacial score (nSPS) is 25.8. The summed E-state index contributed by atoms with van der Waals surface area (Å²) in [5, 5.41) is 0. The van der Waals surface area contributed by atoms with Crippen LogP contribution in [0.2, 0.25) is 0 Å². The molecule has 0 aliphatic carbocycles. The zero-order valence-corrected chi connectivity index (χ0v) is 9.65. The minimum Gasteiger partial charge on any atom is -0.357 e. The van der Waals surface area contributed by atoms with Crippen molar-refractivity contribution in [3.8, 4) is 0 Å². The van der Waals surface area contributed by atoms with E-state index in [2.05, 4.69) is 11.9 Å². The lowest BCUT2D eigenvalue weighted by molar-refractivity contribution is 0.0489. The maximum Gasteiger partial charge on any atom is 0.270 e. The minimum atomic E-state index is 0.0765. The Hall–Kier alpha value is -1.29. The van der Waals surface area contributed by atoms with Gasteiger partial charge in [0.25, 0.3) is 5.91 Å². The van der Waals surface area contributed by atoms with Crippen molar-refractivity contribution in [1.29, 1.82) is 0 Å². The summed E-state index contributed by atoms with van der Waals surface area (Å²) < 4.78 is 0. The molecule has 88 valence electrons. The number of likely N-dealkylation sites (tertiary alicyclic amines) is 1. The van der Waals surface area contributed by atoms with Gasteiger partial charge in [-0.2, -0.15) is 0 Å². The quantitative estimate of drug-likeness (QED) is 0.792. The number of hydrogen-bond donors (Lipinski definition) is 2. The largest absolute Gasteiger partial charge is 0.357 e. The van der Waals surface area contributed by atoms with Gasteiger partial charge < -0.3 is 15.6 Å². The van der Waals surface area contributed by atoms with Gasteiger partial charge in [0.05, 0.1) is 0 Å². The first-order chi connectivity index (χ1) is 7.74. The molecule has 16 heavy (non-hydrogen) atoms. The van der Waals surface area contributed by atoms with E-state index < -0.39 is 0 Å². The lowest BCUT2D eigenvalue weighted by Gasteiger charge is -2.40. The Kier molecular flexibility index (Phi) is 3.29. The van der Waals surface area contributed by atoms with E-state index in [1.54, 1.807) is 6.20 Å². The van der Waals surface area contributed by atoms with E-state index in [9.17, 15) is 4.79 Å². The van der Waals surface area contributed by atoms with Crippen molar-refractivity contribution in [3.63, 3.8) is 0 Å². The first kappa shape index (κ1) is 11.2. The van der Waals surface area contributed by atoms with Crippen molar-refractivity contribution in [2.24, 2.45) is 5.73 Å². The molecule has 2 rings (SSSR count). The lowest BCUT2D eigenvalue weighted by Crippen LogP contribution is -2.51. The number of nitrogens with zero attached hydrogens (tertiary/aromatic N) is 1. The molecule has 1 aromatic rings. The molecule has 0 radical (unpaired) electrons. The molecule has 0 spiro atoms. The molecule has 1 saturated heterocycles. The maximum atomic E-state index is 12.3. The maximum absolute atomic E-state index is 12.3. The first-order valence-corrected chi connectivity index (χ1v) is 5.90. The highest BCUT2D eigenvalue weighted by Gasteiger charge is 2.31. The highest BCUT2D eigenvalue weighted by Crippen LogP contribution is 2.23. The van der Waals surface area contributed by atoms with E-state index in [0.717, 1.165) is 19.3 Å². The lowest BCUT2D eigenvalue weighted by atomic mass is 9.96. The number of carbonyl (C=O) groups is 1. The number of aromatic amines is 1. The third-order valence-electron chi connectivity index (χ3n) is 3.36. The number of carbonyl (C=O) groups excluding carboxylic acids is 1. The summed E-state index contributed by atoms with van der Waals surface area (Å²) in [5.74, 6) is 0.0765. The number of H-pyrrole nitrogens is 1. The Morgan fingerprint density at radius 1 is 1.62 bits per heavy atom. The predicted molar refractivity (Wildman–Crippen MR) is 63.1 cm³/mol. The van der Waals surface area contributed by atoms with E-state index >= 15 is 0 Å². The van der Waals surface area contributed by atoms with Crippen LogP contribution in [0.15, 0.2) is 18.3 Å². The molecule has 0 bridgehead atoms. The van der Waals surface area contributed by atoms with Gasteiger partial charge in [-0.1, -0.05) is 0 Å². The zero-order valence-electron chi connectivity index (χ0n) is 9.65. The Morgan fingerprint density at radius 2 is 2.44 bits per heavy atom. The third-order valence-corrected chi connectivity index (χ3v) is 3.36. The van der Waals surface area contributed by atoms with Crippen molar-refractivity contribution >= 4 is 5.91 Å². The van der Waals surface area contributed by atoms with Crippen LogP contribution in [0.5, 0.6) is 0 Å². The van der Waals surface area contributed by atoms with Crippen LogP contribution in [0.25, 0.3) is 0 Å². The number of rotatable bonds is 2. The van der Waals surface area contributed by atoms with Crippen LogP contribution in [0.1, 0.15) is 36.7 Å². The topological polar surface area (TPSA) is 62.1 Å². The monoisotopic (exact) mass is 221 g/mol. The second kappa shape index (κ2) is 4.70. The van der Waals surface area contributed by atoms with Gasteiger partial charge in [-0.05, 0) is 38.3 Å². The first-order valence-electron chi connectivity index (χ1n) is 5.90. The van der Waals surface area contributed by atoms with Gasteiger partial charge in [0, 0.05) is 24.8 Å². The molecule has 1 aromatic heterocycles. The minimum absolute atomic E-state index is 0.0765. The summed E-state index contributed by atoms with van der Waals surface area (Å²) in [6.45, 7) is 2.65. The molecule has 2 atom stereocenters. The molecule has 2 unspecified atom stereocenters. The highest BCUT2D eigenvalue weighted by atomic mass is 16.2. The van der Waals surface area contributed by atoms with Crippen LogP contribution in [-0.4, -0.2) is 34.4 Å². The fourth-order valence-corrected chi connectivity index (χ4v) is 2.49. The predicted octanol–water partition coefficient (Wildman–Crippen LogP) is 1.36. The van der Waals surface area contributed by atoms with Crippen LogP contribution in [0, 0.1) is 0 Å². The van der Waals surface area contributed by atoms with E-state index in [-0.39, 0.29) is 18.0 Å². The van der Waals surface area contributed by atoms with E-state index in [0.29, 0.717) is 12.2 Å². The van der Waals surface area contributed by atoms with E-state index in [1.165, 1.54) is 0 Å². The van der Waals surface area contributed by atoms with Gasteiger partial charge in [0.2, 0.25) is 0 Å². The molecule has 2 heterocycles. The van der Waals surface area contributed by atoms with Gasteiger partial charge in [0.1, 0.15) is 5.69 Å². The number of aromatic nitrogens is 1. The Morgan fingerprint density at radius 3 is 3.06 bits per heavy atom. The molecule has 1 fully saturated rings. The summed E-state index contributed by atoms with van der Waals surface area (Å²) >= 11 is 0. The molecule has 0 saturated carbocycles. The van der Waals surface area contributed by atoms with Crippen molar-refractivity contribution in [2.75, 3.05) is 6.54 Å². The number of hydrogen-bond acceptors (Lipinski definition) is 2. The van der Waals surface area contributed by atoms with E-state index in [1.807, 2.05) is 17.0 Å². The molecule has 1 aliphatic heterocycles. The van der Waals surface area contributed by atoms with Crippen molar-refractivity contribution < 1.29 is 4.79 Å². The summed E-state index contributed by atoms with van der Waals surface area (Å²) in [5.41, 5.74) is 6.40. The van der Waals surface area contributed by atoms with Crippen molar-refractivity contribution in [2.45, 2.75) is 38.3 Å². The second-order valence-electron chi connectivity index (χ2n) is 4.47. The van der Waals surface area contributed by atoms with Crippen LogP contribution in [0.3, 0.4) is 0 Å². The Labute approximate surface area is 95.8 Å². The average Bonchev–Trinajstić information content (AvgIpc) is 2.81. The zero-order chi connectivity index (χ0) is 11.5. The standard InChI is InChI=1S/C12H19N3O/c1-9-4-2-5-10(8-13)15(9)12(16)11-6-3-7-14-11/h3,6-7,9-10,14H,2,4-5,8,13H2,1H3. The molecule has 1 aliphatic rings. The van der Waals surface area contributed by atoms with Gasteiger partial charge in [-0.25, -0.2) is 0 Å². The number of nitrogens with one attached hydrogen (secondary N) is 1. The molecule has 3 N–H and O–H groups in total. The molecular formula is C12H19N3O. The van der Waals surface area contributed by atoms with Crippen LogP contribution >= 0.6 is 0 Å². The molecule has 4 nitrogen and oxygen atoms in total. The molecule has 1 amide bonds. The average molecular weight is 221 g/mol. The van der Waals surface area contributed by atoms with Crippen LogP contribution < -0.4 is 5.73 Å². The fourth-order valence-electron chi connectivity index (χ4n) is 2.49. The number of nitrogens with two attached hydrogens (primary N) is 1. The SMILES string of the molecule is CC1CCCC(CN)N1C(=O)c1ccc[nH]1. The van der Waals surface area contributed by atoms with Crippen molar-refractivity contribution in [3.05, 3.63) is 24.0 Å².